The summed E-state index contributed by atoms with van der Waals surface area (Å²) in [4.78, 5) is 16.9. The zero-order valence-corrected chi connectivity index (χ0v) is 13.9. The van der Waals surface area contributed by atoms with E-state index in [2.05, 4.69) is 68.5 Å². The van der Waals surface area contributed by atoms with Crippen LogP contribution in [0, 0.1) is 0 Å². The van der Waals surface area contributed by atoms with Gasteiger partial charge in [0.25, 0.3) is 0 Å². The van der Waals surface area contributed by atoms with Crippen LogP contribution < -0.4 is 0 Å². The third-order valence-corrected chi connectivity index (χ3v) is 4.63. The Morgan fingerprint density at radius 2 is 0.731 bits per heavy atom. The monoisotopic (exact) mass is 334 g/mol. The maximum atomic E-state index is 4.22. The molecule has 0 saturated heterocycles. The van der Waals surface area contributed by atoms with E-state index >= 15 is 0 Å². The first-order chi connectivity index (χ1) is 12.9. The summed E-state index contributed by atoms with van der Waals surface area (Å²) in [5, 5.41) is 4.67. The number of rotatable bonds is 2. The summed E-state index contributed by atoms with van der Waals surface area (Å²) in [7, 11) is 0. The SMILES string of the molecule is c1ccc2c(-c3cncnc3)c3ccccc3c(-c3cncnc3)c2c1. The average Bonchev–Trinajstić information content (AvgIpc) is 2.73. The molecule has 3 aromatic carbocycles. The molecule has 0 bridgehead atoms. The predicted molar refractivity (Wildman–Crippen MR) is 104 cm³/mol. The van der Waals surface area contributed by atoms with Crippen molar-refractivity contribution in [3.63, 3.8) is 0 Å². The predicted octanol–water partition coefficient (Wildman–Crippen LogP) is 4.91. The summed E-state index contributed by atoms with van der Waals surface area (Å²) in [6.07, 6.45) is 10.6. The lowest BCUT2D eigenvalue weighted by Crippen LogP contribution is -1.92. The third kappa shape index (κ3) is 2.24. The molecule has 0 atom stereocenters. The highest BCUT2D eigenvalue weighted by atomic mass is 14.8. The molecule has 0 spiro atoms. The fraction of sp³-hybridized carbons (Fsp3) is 0. The molecule has 0 aliphatic heterocycles. The van der Waals surface area contributed by atoms with Crippen LogP contribution in [0.5, 0.6) is 0 Å². The van der Waals surface area contributed by atoms with Crippen LogP contribution in [0.1, 0.15) is 0 Å². The molecule has 0 fully saturated rings. The first-order valence-corrected chi connectivity index (χ1v) is 8.37. The van der Waals surface area contributed by atoms with E-state index in [1.54, 1.807) is 12.7 Å². The summed E-state index contributed by atoms with van der Waals surface area (Å²) in [6, 6.07) is 16.9. The number of benzene rings is 3. The van der Waals surface area contributed by atoms with Crippen LogP contribution in [0.15, 0.2) is 86.0 Å². The fourth-order valence-electron chi connectivity index (χ4n) is 3.61. The van der Waals surface area contributed by atoms with Crippen LogP contribution in [0.25, 0.3) is 43.8 Å². The summed E-state index contributed by atoms with van der Waals surface area (Å²) < 4.78 is 0. The summed E-state index contributed by atoms with van der Waals surface area (Å²) in [6.45, 7) is 0. The standard InChI is InChI=1S/C22H14N4/c1-2-6-18-17(5-1)21(15-9-23-13-24-10-15)19-7-3-4-8-20(19)22(18)16-11-25-14-26-12-16/h1-14H. The molecule has 5 aromatic rings. The quantitative estimate of drug-likeness (QED) is 0.431. The van der Waals surface area contributed by atoms with E-state index in [1.165, 1.54) is 21.5 Å². The van der Waals surface area contributed by atoms with E-state index < -0.39 is 0 Å². The number of nitrogens with zero attached hydrogens (tertiary/aromatic N) is 4. The van der Waals surface area contributed by atoms with Gasteiger partial charge in [0.15, 0.2) is 0 Å². The van der Waals surface area contributed by atoms with E-state index in [-0.39, 0.29) is 0 Å². The zero-order valence-electron chi connectivity index (χ0n) is 13.9. The largest absolute Gasteiger partial charge is 0.244 e. The summed E-state index contributed by atoms with van der Waals surface area (Å²) >= 11 is 0. The van der Waals surface area contributed by atoms with Crippen LogP contribution in [-0.2, 0) is 0 Å². The number of fused-ring (bicyclic) bond motifs is 2. The van der Waals surface area contributed by atoms with Gasteiger partial charge in [0.05, 0.1) is 0 Å². The first kappa shape index (κ1) is 14.7. The molecule has 0 aliphatic carbocycles. The Morgan fingerprint density at radius 1 is 0.423 bits per heavy atom. The average molecular weight is 334 g/mol. The van der Waals surface area contributed by atoms with Gasteiger partial charge in [-0.1, -0.05) is 48.5 Å². The van der Waals surface area contributed by atoms with Crippen LogP contribution in [-0.4, -0.2) is 19.9 Å². The van der Waals surface area contributed by atoms with Crippen molar-refractivity contribution in [1.29, 1.82) is 0 Å². The summed E-state index contributed by atoms with van der Waals surface area (Å²) in [5.41, 5.74) is 4.32. The molecule has 0 N–H and O–H groups in total. The van der Waals surface area contributed by atoms with Gasteiger partial charge in [0.2, 0.25) is 0 Å². The first-order valence-electron chi connectivity index (χ1n) is 8.37. The topological polar surface area (TPSA) is 51.6 Å². The van der Waals surface area contributed by atoms with Crippen molar-refractivity contribution in [1.82, 2.24) is 19.9 Å². The van der Waals surface area contributed by atoms with Gasteiger partial charge in [-0.05, 0) is 21.5 Å². The minimum absolute atomic E-state index is 1.01. The van der Waals surface area contributed by atoms with Gasteiger partial charge in [-0.15, -0.1) is 0 Å². The van der Waals surface area contributed by atoms with Crippen molar-refractivity contribution in [2.75, 3.05) is 0 Å². The molecule has 2 aromatic heterocycles. The van der Waals surface area contributed by atoms with Crippen molar-refractivity contribution < 1.29 is 0 Å². The van der Waals surface area contributed by atoms with Gasteiger partial charge < -0.3 is 0 Å². The molecule has 122 valence electrons. The number of hydrogen-bond donors (Lipinski definition) is 0. The highest BCUT2D eigenvalue weighted by molar-refractivity contribution is 6.21. The minimum atomic E-state index is 1.01. The Labute approximate surface area is 150 Å². The van der Waals surface area contributed by atoms with Crippen LogP contribution in [0.2, 0.25) is 0 Å². The molecule has 5 rings (SSSR count). The normalized spacial score (nSPS) is 11.1. The lowest BCUT2D eigenvalue weighted by molar-refractivity contribution is 1.17. The van der Waals surface area contributed by atoms with E-state index in [1.807, 2.05) is 24.8 Å². The maximum absolute atomic E-state index is 4.22. The molecule has 0 amide bonds. The van der Waals surface area contributed by atoms with Crippen molar-refractivity contribution >= 4 is 21.5 Å². The molecular formula is C22H14N4. The molecule has 0 unspecified atom stereocenters. The van der Waals surface area contributed by atoms with Crippen LogP contribution in [0.3, 0.4) is 0 Å². The molecule has 26 heavy (non-hydrogen) atoms. The third-order valence-electron chi connectivity index (χ3n) is 4.63. The van der Waals surface area contributed by atoms with Crippen molar-refractivity contribution in [3.05, 3.63) is 86.0 Å². The maximum Gasteiger partial charge on any atom is 0.115 e. The lowest BCUT2D eigenvalue weighted by Gasteiger charge is -2.16. The molecule has 0 saturated carbocycles. The molecule has 4 nitrogen and oxygen atoms in total. The molecule has 0 radical (unpaired) electrons. The van der Waals surface area contributed by atoms with Crippen molar-refractivity contribution in [2.45, 2.75) is 0 Å². The minimum Gasteiger partial charge on any atom is -0.244 e. The molecule has 2 heterocycles. The Balaban J connectivity index is 2.02. The Hall–Kier alpha value is -3.66. The van der Waals surface area contributed by atoms with E-state index in [9.17, 15) is 0 Å². The summed E-state index contributed by atoms with van der Waals surface area (Å²) in [5.74, 6) is 0. The van der Waals surface area contributed by atoms with Crippen LogP contribution in [0.4, 0.5) is 0 Å². The van der Waals surface area contributed by atoms with E-state index in [0.29, 0.717) is 0 Å². The molecular weight excluding hydrogens is 320 g/mol. The Kier molecular flexibility index (Phi) is 3.39. The van der Waals surface area contributed by atoms with Crippen LogP contribution >= 0.6 is 0 Å². The Bertz CT molecular complexity index is 1060. The number of hydrogen-bond acceptors (Lipinski definition) is 4. The second kappa shape index (κ2) is 6.01. The highest BCUT2D eigenvalue weighted by Gasteiger charge is 2.16. The highest BCUT2D eigenvalue weighted by Crippen LogP contribution is 2.42. The van der Waals surface area contributed by atoms with Gasteiger partial charge in [-0.2, -0.15) is 0 Å². The fourth-order valence-corrected chi connectivity index (χ4v) is 3.61. The van der Waals surface area contributed by atoms with Gasteiger partial charge in [0, 0.05) is 47.0 Å². The van der Waals surface area contributed by atoms with Gasteiger partial charge in [-0.3, -0.25) is 0 Å². The Morgan fingerprint density at radius 3 is 1.04 bits per heavy atom. The van der Waals surface area contributed by atoms with Gasteiger partial charge in [-0.25, -0.2) is 19.9 Å². The number of aromatic nitrogens is 4. The van der Waals surface area contributed by atoms with Gasteiger partial charge >= 0.3 is 0 Å². The van der Waals surface area contributed by atoms with Gasteiger partial charge in [0.1, 0.15) is 12.7 Å². The van der Waals surface area contributed by atoms with E-state index in [0.717, 1.165) is 22.3 Å². The van der Waals surface area contributed by atoms with E-state index in [4.69, 9.17) is 0 Å². The zero-order chi connectivity index (χ0) is 17.3. The second-order valence-electron chi connectivity index (χ2n) is 6.10. The lowest BCUT2D eigenvalue weighted by atomic mass is 9.87. The van der Waals surface area contributed by atoms with Crippen molar-refractivity contribution in [3.8, 4) is 22.3 Å². The molecule has 4 heteroatoms. The van der Waals surface area contributed by atoms with Crippen molar-refractivity contribution in [2.24, 2.45) is 0 Å². The smallest absolute Gasteiger partial charge is 0.115 e. The molecule has 0 aliphatic rings. The second-order valence-corrected chi connectivity index (χ2v) is 6.10.